The fraction of sp³-hybridized carbons (Fsp3) is 0. The Bertz CT molecular complexity index is 332. The molecule has 0 saturated carbocycles. The number of halogens is 2. The van der Waals surface area contributed by atoms with Crippen molar-refractivity contribution in [3.8, 4) is 11.6 Å². The van der Waals surface area contributed by atoms with Gasteiger partial charge in [-0.25, -0.2) is 4.98 Å². The van der Waals surface area contributed by atoms with Gasteiger partial charge in [0.25, 0.3) is 5.91 Å². The van der Waals surface area contributed by atoms with Crippen LogP contribution in [0, 0.1) is 0 Å². The van der Waals surface area contributed by atoms with E-state index in [4.69, 9.17) is 29.5 Å². The summed E-state index contributed by atoms with van der Waals surface area (Å²) >= 11 is 10.1. The summed E-state index contributed by atoms with van der Waals surface area (Å²) < 4.78 is 8.60. The molecule has 0 aliphatic heterocycles. The van der Waals surface area contributed by atoms with Crippen molar-refractivity contribution in [3.63, 3.8) is 0 Å². The van der Waals surface area contributed by atoms with E-state index in [2.05, 4.69) is 13.6 Å². The van der Waals surface area contributed by atoms with E-state index in [-0.39, 0.29) is 17.2 Å². The molecule has 0 aromatic carbocycles. The topological polar surface area (TPSA) is 74.4 Å². The highest BCUT2D eigenvalue weighted by Crippen LogP contribution is 2.23. The largest absolute Gasteiger partial charge is 0.384 e. The number of hydrogen-bond donors (Lipinski definition) is 1. The van der Waals surface area contributed by atoms with Crippen molar-refractivity contribution in [2.24, 2.45) is 5.73 Å². The van der Waals surface area contributed by atoms with Crippen LogP contribution < -0.4 is 14.3 Å². The maximum Gasteiger partial charge on any atom is 0.254 e. The standard InChI is InChI=1S/C6H4Cl2N2O3/c7-12-4-1-5(13-8)10-2-3(4)6(9)11/h1-2H,(H2,9,11). The molecule has 0 saturated heterocycles. The van der Waals surface area contributed by atoms with Crippen LogP contribution in [-0.2, 0) is 0 Å². The minimum atomic E-state index is -0.704. The van der Waals surface area contributed by atoms with Gasteiger partial charge in [-0.1, -0.05) is 0 Å². The Balaban J connectivity index is 3.15. The summed E-state index contributed by atoms with van der Waals surface area (Å²) in [6.07, 6.45) is 1.15. The molecule has 0 spiro atoms. The molecule has 13 heavy (non-hydrogen) atoms. The van der Waals surface area contributed by atoms with Gasteiger partial charge in [-0.3, -0.25) is 4.79 Å². The molecule has 70 valence electrons. The number of hydrogen-bond acceptors (Lipinski definition) is 4. The number of nitrogens with zero attached hydrogens (tertiary/aromatic N) is 1. The van der Waals surface area contributed by atoms with Crippen LogP contribution in [0.15, 0.2) is 12.3 Å². The first-order chi connectivity index (χ1) is 6.19. The van der Waals surface area contributed by atoms with Gasteiger partial charge < -0.3 is 14.3 Å². The lowest BCUT2D eigenvalue weighted by atomic mass is 10.2. The molecule has 5 nitrogen and oxygen atoms in total. The number of pyridine rings is 1. The minimum Gasteiger partial charge on any atom is -0.384 e. The van der Waals surface area contributed by atoms with Gasteiger partial charge in [-0.2, -0.15) is 0 Å². The van der Waals surface area contributed by atoms with Crippen molar-refractivity contribution in [3.05, 3.63) is 17.8 Å². The van der Waals surface area contributed by atoms with E-state index in [0.717, 1.165) is 6.20 Å². The van der Waals surface area contributed by atoms with Crippen molar-refractivity contribution in [1.82, 2.24) is 4.98 Å². The second-order valence-corrected chi connectivity index (χ2v) is 2.35. The number of primary amides is 1. The Kier molecular flexibility index (Phi) is 3.16. The van der Waals surface area contributed by atoms with Gasteiger partial charge in [-0.15, -0.1) is 0 Å². The van der Waals surface area contributed by atoms with Crippen LogP contribution in [0.3, 0.4) is 0 Å². The highest BCUT2D eigenvalue weighted by Gasteiger charge is 2.11. The predicted octanol–water partition coefficient (Wildman–Crippen LogP) is 1.25. The molecule has 7 heteroatoms. The average molecular weight is 223 g/mol. The van der Waals surface area contributed by atoms with Gasteiger partial charge in [0.1, 0.15) is 29.3 Å². The van der Waals surface area contributed by atoms with Crippen LogP contribution in [-0.4, -0.2) is 10.9 Å². The van der Waals surface area contributed by atoms with Crippen LogP contribution in [0.4, 0.5) is 0 Å². The van der Waals surface area contributed by atoms with Crippen LogP contribution >= 0.6 is 23.7 Å². The SMILES string of the molecule is NC(=O)c1cnc(OCl)cc1OCl. The highest BCUT2D eigenvalue weighted by atomic mass is 35.5. The number of carbonyl (C=O) groups excluding carboxylic acids is 1. The molecule has 0 fully saturated rings. The summed E-state index contributed by atoms with van der Waals surface area (Å²) in [6.45, 7) is 0. The number of rotatable bonds is 3. The van der Waals surface area contributed by atoms with Crippen molar-refractivity contribution >= 4 is 29.6 Å². The lowest BCUT2D eigenvalue weighted by molar-refractivity contribution is 0.0998. The molecule has 1 aromatic rings. The molecule has 0 radical (unpaired) electrons. The van der Waals surface area contributed by atoms with E-state index in [1.807, 2.05) is 0 Å². The third kappa shape index (κ3) is 2.13. The summed E-state index contributed by atoms with van der Waals surface area (Å²) in [6, 6.07) is 1.24. The first-order valence-electron chi connectivity index (χ1n) is 3.06. The summed E-state index contributed by atoms with van der Waals surface area (Å²) in [7, 11) is 0. The van der Waals surface area contributed by atoms with Crippen LogP contribution in [0.5, 0.6) is 11.6 Å². The van der Waals surface area contributed by atoms with Crippen molar-refractivity contribution in [1.29, 1.82) is 0 Å². The molecule has 0 aliphatic rings. The van der Waals surface area contributed by atoms with Crippen LogP contribution in [0.25, 0.3) is 0 Å². The van der Waals surface area contributed by atoms with Crippen LogP contribution in [0.1, 0.15) is 10.4 Å². The predicted molar refractivity (Wildman–Crippen MR) is 45.7 cm³/mol. The fourth-order valence-electron chi connectivity index (χ4n) is 0.710. The first kappa shape index (κ1) is 9.88. The number of nitrogens with two attached hydrogens (primary N) is 1. The summed E-state index contributed by atoms with van der Waals surface area (Å²) in [4.78, 5) is 14.4. The van der Waals surface area contributed by atoms with Gasteiger partial charge in [0, 0.05) is 12.3 Å². The van der Waals surface area contributed by atoms with Crippen molar-refractivity contribution < 1.29 is 13.4 Å². The van der Waals surface area contributed by atoms with E-state index < -0.39 is 5.91 Å². The summed E-state index contributed by atoms with van der Waals surface area (Å²) in [5.74, 6) is -0.605. The van der Waals surface area contributed by atoms with Crippen LogP contribution in [0.2, 0.25) is 0 Å². The molecular weight excluding hydrogens is 219 g/mol. The monoisotopic (exact) mass is 222 g/mol. The lowest BCUT2D eigenvalue weighted by Gasteiger charge is -2.02. The number of carbonyl (C=O) groups is 1. The smallest absolute Gasteiger partial charge is 0.254 e. The average Bonchev–Trinajstić information content (AvgIpc) is 2.16. The zero-order valence-electron chi connectivity index (χ0n) is 6.16. The van der Waals surface area contributed by atoms with Gasteiger partial charge in [0.15, 0.2) is 5.75 Å². The van der Waals surface area contributed by atoms with E-state index in [9.17, 15) is 4.79 Å². The maximum absolute atomic E-state index is 10.8. The zero-order chi connectivity index (χ0) is 9.84. The Morgan fingerprint density at radius 2 is 2.15 bits per heavy atom. The van der Waals surface area contributed by atoms with Gasteiger partial charge in [0.05, 0.1) is 0 Å². The quantitative estimate of drug-likeness (QED) is 0.836. The zero-order valence-corrected chi connectivity index (χ0v) is 7.67. The second kappa shape index (κ2) is 4.15. The minimum absolute atomic E-state index is 0.0415. The van der Waals surface area contributed by atoms with E-state index in [1.54, 1.807) is 0 Å². The summed E-state index contributed by atoms with van der Waals surface area (Å²) in [5.41, 5.74) is 5.04. The van der Waals surface area contributed by atoms with E-state index in [0.29, 0.717) is 0 Å². The van der Waals surface area contributed by atoms with Gasteiger partial charge in [-0.05, 0) is 0 Å². The third-order valence-electron chi connectivity index (χ3n) is 1.27. The molecule has 0 unspecified atom stereocenters. The Hall–Kier alpha value is -1.20. The fourth-order valence-corrected chi connectivity index (χ4v) is 0.922. The molecule has 1 aromatic heterocycles. The Morgan fingerprint density at radius 3 is 2.62 bits per heavy atom. The molecule has 1 amide bonds. The summed E-state index contributed by atoms with van der Waals surface area (Å²) in [5, 5.41) is 0. The molecule has 2 N–H and O–H groups in total. The maximum atomic E-state index is 10.8. The first-order valence-corrected chi connectivity index (χ1v) is 3.67. The van der Waals surface area contributed by atoms with Crippen molar-refractivity contribution in [2.75, 3.05) is 0 Å². The highest BCUT2D eigenvalue weighted by molar-refractivity contribution is 6.10. The third-order valence-corrected chi connectivity index (χ3v) is 1.59. The lowest BCUT2D eigenvalue weighted by Crippen LogP contribution is -2.12. The Morgan fingerprint density at radius 1 is 1.46 bits per heavy atom. The number of amides is 1. The molecule has 1 rings (SSSR count). The number of aromatic nitrogens is 1. The normalized spacial score (nSPS) is 9.38. The Labute approximate surface area is 83.7 Å². The van der Waals surface area contributed by atoms with E-state index in [1.165, 1.54) is 6.07 Å². The molecule has 0 aliphatic carbocycles. The second-order valence-electron chi connectivity index (χ2n) is 2.04. The van der Waals surface area contributed by atoms with Gasteiger partial charge in [0.2, 0.25) is 5.88 Å². The molecule has 0 atom stereocenters. The van der Waals surface area contributed by atoms with E-state index >= 15 is 0 Å². The molecule has 0 bridgehead atoms. The van der Waals surface area contributed by atoms with Crippen molar-refractivity contribution in [2.45, 2.75) is 0 Å². The van der Waals surface area contributed by atoms with Gasteiger partial charge >= 0.3 is 0 Å². The molecule has 1 heterocycles. The molecular formula is C6H4Cl2N2O3.